The first-order chi connectivity index (χ1) is 11.5. The third kappa shape index (κ3) is 4.99. The van der Waals surface area contributed by atoms with E-state index in [2.05, 4.69) is 10.6 Å². The SMILES string of the molecule is CC(C)Oc1cccc(CNC(=O)Nc2ccc(F)c(C#N)c2)c1. The van der Waals surface area contributed by atoms with Crippen molar-refractivity contribution in [2.24, 2.45) is 0 Å². The molecule has 0 radical (unpaired) electrons. The van der Waals surface area contributed by atoms with E-state index in [1.807, 2.05) is 38.1 Å². The van der Waals surface area contributed by atoms with Crippen LogP contribution in [0.25, 0.3) is 0 Å². The number of nitrogens with one attached hydrogen (secondary N) is 2. The minimum atomic E-state index is -0.620. The van der Waals surface area contributed by atoms with E-state index in [0.29, 0.717) is 12.2 Å². The monoisotopic (exact) mass is 327 g/mol. The smallest absolute Gasteiger partial charge is 0.319 e. The zero-order valence-electron chi connectivity index (χ0n) is 13.5. The predicted octanol–water partition coefficient (Wildman–Crippen LogP) is 3.81. The van der Waals surface area contributed by atoms with Crippen molar-refractivity contribution in [2.45, 2.75) is 26.5 Å². The maximum Gasteiger partial charge on any atom is 0.319 e. The van der Waals surface area contributed by atoms with Gasteiger partial charge in [0.05, 0.1) is 11.7 Å². The van der Waals surface area contributed by atoms with Crippen LogP contribution >= 0.6 is 0 Å². The van der Waals surface area contributed by atoms with Crippen molar-refractivity contribution in [3.05, 3.63) is 59.4 Å². The molecule has 2 aromatic rings. The number of urea groups is 1. The molecule has 2 N–H and O–H groups in total. The van der Waals surface area contributed by atoms with E-state index < -0.39 is 11.8 Å². The van der Waals surface area contributed by atoms with Crippen LogP contribution in [-0.4, -0.2) is 12.1 Å². The number of nitriles is 1. The molecule has 0 heterocycles. The lowest BCUT2D eigenvalue weighted by atomic mass is 10.2. The number of carbonyl (C=O) groups excluding carboxylic acids is 1. The summed E-state index contributed by atoms with van der Waals surface area (Å²) in [5.41, 5.74) is 1.12. The number of rotatable bonds is 5. The molecule has 0 atom stereocenters. The van der Waals surface area contributed by atoms with Crippen molar-refractivity contribution < 1.29 is 13.9 Å². The number of nitrogens with zero attached hydrogens (tertiary/aromatic N) is 1. The van der Waals surface area contributed by atoms with E-state index in [-0.39, 0.29) is 11.7 Å². The number of amides is 2. The first-order valence-corrected chi connectivity index (χ1v) is 7.48. The Bertz CT molecular complexity index is 769. The summed E-state index contributed by atoms with van der Waals surface area (Å²) in [6, 6.07) is 12.5. The molecule has 0 fully saturated rings. The molecule has 0 aliphatic carbocycles. The number of hydrogen-bond donors (Lipinski definition) is 2. The summed E-state index contributed by atoms with van der Waals surface area (Å²) >= 11 is 0. The molecule has 0 bridgehead atoms. The fraction of sp³-hybridized carbons (Fsp3) is 0.222. The minimum Gasteiger partial charge on any atom is -0.491 e. The molecule has 24 heavy (non-hydrogen) atoms. The molecular weight excluding hydrogens is 309 g/mol. The van der Waals surface area contributed by atoms with E-state index in [4.69, 9.17) is 10.00 Å². The summed E-state index contributed by atoms with van der Waals surface area (Å²) < 4.78 is 18.8. The molecule has 124 valence electrons. The van der Waals surface area contributed by atoms with Gasteiger partial charge in [-0.2, -0.15) is 5.26 Å². The van der Waals surface area contributed by atoms with Crippen LogP contribution in [0.2, 0.25) is 0 Å². The van der Waals surface area contributed by atoms with Gasteiger partial charge in [0.2, 0.25) is 0 Å². The third-order valence-electron chi connectivity index (χ3n) is 3.07. The number of halogens is 1. The third-order valence-corrected chi connectivity index (χ3v) is 3.07. The second-order valence-electron chi connectivity index (χ2n) is 5.43. The molecule has 0 saturated heterocycles. The Morgan fingerprint density at radius 1 is 1.29 bits per heavy atom. The van der Waals surface area contributed by atoms with E-state index in [0.717, 1.165) is 17.4 Å². The number of carbonyl (C=O) groups is 1. The lowest BCUT2D eigenvalue weighted by molar-refractivity contribution is 0.242. The van der Waals surface area contributed by atoms with Crippen LogP contribution in [0.3, 0.4) is 0 Å². The molecule has 0 saturated carbocycles. The van der Waals surface area contributed by atoms with Gasteiger partial charge in [0.25, 0.3) is 0 Å². The standard InChI is InChI=1S/C18H18FN3O2/c1-12(2)24-16-5-3-4-13(8-16)11-21-18(23)22-15-6-7-17(19)14(9-15)10-20/h3-9,12H,11H2,1-2H3,(H2,21,22,23). The molecule has 6 heteroatoms. The van der Waals surface area contributed by atoms with Gasteiger partial charge in [-0.05, 0) is 49.7 Å². The van der Waals surface area contributed by atoms with Crippen molar-refractivity contribution in [1.82, 2.24) is 5.32 Å². The Kier molecular flexibility index (Phi) is 5.74. The molecule has 0 spiro atoms. The average molecular weight is 327 g/mol. The van der Waals surface area contributed by atoms with Gasteiger partial charge in [0.1, 0.15) is 17.6 Å². The van der Waals surface area contributed by atoms with E-state index in [9.17, 15) is 9.18 Å². The van der Waals surface area contributed by atoms with Gasteiger partial charge in [0.15, 0.2) is 0 Å². The number of anilines is 1. The Morgan fingerprint density at radius 3 is 2.79 bits per heavy atom. The second kappa shape index (κ2) is 7.97. The van der Waals surface area contributed by atoms with Crippen molar-refractivity contribution in [3.8, 4) is 11.8 Å². The van der Waals surface area contributed by atoms with Crippen molar-refractivity contribution in [2.75, 3.05) is 5.32 Å². The summed E-state index contributed by atoms with van der Waals surface area (Å²) in [6.07, 6.45) is 0.0734. The highest BCUT2D eigenvalue weighted by molar-refractivity contribution is 5.89. The summed E-state index contributed by atoms with van der Waals surface area (Å²) in [5.74, 6) is 0.118. The number of benzene rings is 2. The van der Waals surface area contributed by atoms with Crippen LogP contribution in [-0.2, 0) is 6.54 Å². The fourth-order valence-electron chi connectivity index (χ4n) is 2.05. The van der Waals surface area contributed by atoms with Gasteiger partial charge in [0, 0.05) is 12.2 Å². The summed E-state index contributed by atoms with van der Waals surface area (Å²) in [7, 11) is 0. The molecule has 2 rings (SSSR count). The topological polar surface area (TPSA) is 74.2 Å². The highest BCUT2D eigenvalue weighted by atomic mass is 19.1. The molecule has 0 aliphatic rings. The van der Waals surface area contributed by atoms with Crippen molar-refractivity contribution in [1.29, 1.82) is 5.26 Å². The lowest BCUT2D eigenvalue weighted by Crippen LogP contribution is -2.28. The minimum absolute atomic E-state index is 0.0734. The van der Waals surface area contributed by atoms with Crippen LogP contribution in [0.15, 0.2) is 42.5 Å². The first kappa shape index (κ1) is 17.3. The Balaban J connectivity index is 1.93. The van der Waals surface area contributed by atoms with Gasteiger partial charge in [-0.3, -0.25) is 0 Å². The fourth-order valence-corrected chi connectivity index (χ4v) is 2.05. The normalized spacial score (nSPS) is 10.1. The quantitative estimate of drug-likeness (QED) is 0.877. The van der Waals surface area contributed by atoms with Gasteiger partial charge < -0.3 is 15.4 Å². The van der Waals surface area contributed by atoms with E-state index >= 15 is 0 Å². The summed E-state index contributed by atoms with van der Waals surface area (Å²) in [6.45, 7) is 4.19. The second-order valence-corrected chi connectivity index (χ2v) is 5.43. The maximum atomic E-state index is 13.2. The Hall–Kier alpha value is -3.07. The van der Waals surface area contributed by atoms with Crippen LogP contribution < -0.4 is 15.4 Å². The largest absolute Gasteiger partial charge is 0.491 e. The van der Waals surface area contributed by atoms with Gasteiger partial charge >= 0.3 is 6.03 Å². The first-order valence-electron chi connectivity index (χ1n) is 7.48. The van der Waals surface area contributed by atoms with E-state index in [1.54, 1.807) is 6.07 Å². The van der Waals surface area contributed by atoms with Gasteiger partial charge in [-0.25, -0.2) is 9.18 Å². The van der Waals surface area contributed by atoms with Crippen LogP contribution in [0.1, 0.15) is 25.0 Å². The molecule has 0 aromatic heterocycles. The van der Waals surface area contributed by atoms with Crippen LogP contribution in [0.5, 0.6) is 5.75 Å². The Labute approximate surface area is 140 Å². The zero-order chi connectivity index (χ0) is 17.5. The van der Waals surface area contributed by atoms with E-state index in [1.165, 1.54) is 12.1 Å². The van der Waals surface area contributed by atoms with Crippen molar-refractivity contribution in [3.63, 3.8) is 0 Å². The molecule has 2 aromatic carbocycles. The van der Waals surface area contributed by atoms with Gasteiger partial charge in [-0.1, -0.05) is 12.1 Å². The average Bonchev–Trinajstić information content (AvgIpc) is 2.54. The predicted molar refractivity (Wildman–Crippen MR) is 89.2 cm³/mol. The Morgan fingerprint density at radius 2 is 2.08 bits per heavy atom. The molecular formula is C18H18FN3O2. The lowest BCUT2D eigenvalue weighted by Gasteiger charge is -2.12. The van der Waals surface area contributed by atoms with Crippen molar-refractivity contribution >= 4 is 11.7 Å². The van der Waals surface area contributed by atoms with Gasteiger partial charge in [-0.15, -0.1) is 0 Å². The molecule has 0 unspecified atom stereocenters. The summed E-state index contributed by atoms with van der Waals surface area (Å²) in [5, 5.41) is 14.0. The van der Waals surface area contributed by atoms with Crippen LogP contribution in [0, 0.1) is 17.1 Å². The molecule has 5 nitrogen and oxygen atoms in total. The molecule has 0 aliphatic heterocycles. The highest BCUT2D eigenvalue weighted by Crippen LogP contribution is 2.15. The number of ether oxygens (including phenoxy) is 1. The zero-order valence-corrected chi connectivity index (χ0v) is 13.5. The molecule has 2 amide bonds. The highest BCUT2D eigenvalue weighted by Gasteiger charge is 2.06. The summed E-state index contributed by atoms with van der Waals surface area (Å²) in [4.78, 5) is 11.9. The maximum absolute atomic E-state index is 13.2. The number of hydrogen-bond acceptors (Lipinski definition) is 3. The van der Waals surface area contributed by atoms with Crippen LogP contribution in [0.4, 0.5) is 14.9 Å².